The molecule has 108 valence electrons. The Hall–Kier alpha value is -1.38. The van der Waals surface area contributed by atoms with Crippen molar-refractivity contribution in [1.82, 2.24) is 0 Å². The second-order valence-corrected chi connectivity index (χ2v) is 7.31. The molecule has 1 fully saturated rings. The first-order chi connectivity index (χ1) is 9.46. The minimum absolute atomic E-state index is 0.0101. The minimum atomic E-state index is -0.167. The second kappa shape index (κ2) is 3.84. The summed E-state index contributed by atoms with van der Waals surface area (Å²) in [6, 6.07) is 3.51. The highest BCUT2D eigenvalue weighted by molar-refractivity contribution is 5.55. The molecule has 20 heavy (non-hydrogen) atoms. The summed E-state index contributed by atoms with van der Waals surface area (Å²) in [7, 11) is 0. The summed E-state index contributed by atoms with van der Waals surface area (Å²) in [5.74, 6) is 2.41. The molecule has 0 saturated heterocycles. The van der Waals surface area contributed by atoms with Crippen LogP contribution in [0.25, 0.3) is 0 Å². The quantitative estimate of drug-likeness (QED) is 0.773. The van der Waals surface area contributed by atoms with Gasteiger partial charge in [-0.05, 0) is 58.3 Å². The second-order valence-electron chi connectivity index (χ2n) is 7.31. The fourth-order valence-electron chi connectivity index (χ4n) is 4.42. The van der Waals surface area contributed by atoms with Gasteiger partial charge in [0, 0.05) is 17.7 Å². The van der Waals surface area contributed by atoms with E-state index >= 15 is 0 Å². The maximum Gasteiger partial charge on any atom is 0.131 e. The van der Waals surface area contributed by atoms with E-state index in [9.17, 15) is 5.11 Å². The Bertz CT molecular complexity index is 556. The lowest BCUT2D eigenvalue weighted by Crippen LogP contribution is -2.43. The zero-order chi connectivity index (χ0) is 14.0. The molecule has 1 saturated carbocycles. The van der Waals surface area contributed by atoms with Crippen LogP contribution in [-0.2, 0) is 0 Å². The Labute approximate surface area is 119 Å². The predicted octanol–water partition coefficient (Wildman–Crippen LogP) is 4.13. The minimum Gasteiger partial charge on any atom is -0.508 e. The first kappa shape index (κ1) is 12.4. The lowest BCUT2D eigenvalue weighted by molar-refractivity contribution is 0.00428. The molecule has 0 aromatic heterocycles. The predicted molar refractivity (Wildman–Crippen MR) is 76.6 cm³/mol. The van der Waals surface area contributed by atoms with E-state index in [0.717, 1.165) is 37.2 Å². The molecule has 2 heterocycles. The third-order valence-electron chi connectivity index (χ3n) is 5.08. The van der Waals surface area contributed by atoms with Crippen LogP contribution in [0.4, 0.5) is 0 Å². The zero-order valence-corrected chi connectivity index (χ0v) is 12.2. The summed E-state index contributed by atoms with van der Waals surface area (Å²) >= 11 is 0. The molecule has 1 unspecified atom stereocenters. The molecule has 1 spiro atoms. The van der Waals surface area contributed by atoms with E-state index in [1.807, 2.05) is 0 Å². The van der Waals surface area contributed by atoms with Crippen molar-refractivity contribution in [2.24, 2.45) is 0 Å². The van der Waals surface area contributed by atoms with Crippen LogP contribution in [0.1, 0.15) is 63.9 Å². The van der Waals surface area contributed by atoms with Crippen LogP contribution in [0.3, 0.4) is 0 Å². The molecule has 0 radical (unpaired) electrons. The summed E-state index contributed by atoms with van der Waals surface area (Å²) in [6.45, 7) is 4.27. The number of hydrogen-bond acceptors (Lipinski definition) is 3. The van der Waals surface area contributed by atoms with Crippen molar-refractivity contribution in [2.45, 2.75) is 69.5 Å². The van der Waals surface area contributed by atoms with E-state index in [-0.39, 0.29) is 17.0 Å². The number of rotatable bonds is 0. The summed E-state index contributed by atoms with van der Waals surface area (Å²) in [4.78, 5) is 0. The Morgan fingerprint density at radius 1 is 1.05 bits per heavy atom. The number of hydrogen-bond donors (Lipinski definition) is 1. The van der Waals surface area contributed by atoms with Crippen molar-refractivity contribution in [3.8, 4) is 17.2 Å². The van der Waals surface area contributed by atoms with Crippen molar-refractivity contribution in [1.29, 1.82) is 0 Å². The molecule has 2 aliphatic heterocycles. The topological polar surface area (TPSA) is 38.7 Å². The number of phenolic OH excluding ortho intramolecular Hbond substituents is 1. The molecular formula is C17H22O3. The lowest BCUT2D eigenvalue weighted by atomic mass is 9.75. The molecule has 1 atom stereocenters. The first-order valence-electron chi connectivity index (χ1n) is 7.71. The SMILES string of the molecule is CC1(C)CC2CC3(CCCC3)Oc3cc(O)cc(c32)O1. The molecule has 1 aliphatic carbocycles. The molecule has 3 aliphatic rings. The van der Waals surface area contributed by atoms with Crippen LogP contribution in [0.15, 0.2) is 12.1 Å². The maximum absolute atomic E-state index is 9.95. The molecule has 1 N–H and O–H groups in total. The van der Waals surface area contributed by atoms with Gasteiger partial charge < -0.3 is 14.6 Å². The largest absolute Gasteiger partial charge is 0.508 e. The van der Waals surface area contributed by atoms with Gasteiger partial charge in [0.2, 0.25) is 0 Å². The van der Waals surface area contributed by atoms with Gasteiger partial charge in [-0.1, -0.05) is 0 Å². The molecule has 0 bridgehead atoms. The molecule has 3 nitrogen and oxygen atoms in total. The fourth-order valence-corrected chi connectivity index (χ4v) is 4.42. The number of benzene rings is 1. The van der Waals surface area contributed by atoms with Gasteiger partial charge in [-0.3, -0.25) is 0 Å². The number of phenols is 1. The number of aromatic hydroxyl groups is 1. The van der Waals surface area contributed by atoms with Gasteiger partial charge in [-0.15, -0.1) is 0 Å². The van der Waals surface area contributed by atoms with Crippen molar-refractivity contribution in [3.63, 3.8) is 0 Å². The van der Waals surface area contributed by atoms with Gasteiger partial charge in [-0.2, -0.15) is 0 Å². The van der Waals surface area contributed by atoms with Crippen LogP contribution in [-0.4, -0.2) is 16.3 Å². The van der Waals surface area contributed by atoms with Crippen LogP contribution >= 0.6 is 0 Å². The summed E-state index contributed by atoms with van der Waals surface area (Å²) < 4.78 is 12.4. The van der Waals surface area contributed by atoms with Crippen LogP contribution in [0.2, 0.25) is 0 Å². The first-order valence-corrected chi connectivity index (χ1v) is 7.71. The zero-order valence-electron chi connectivity index (χ0n) is 12.2. The Balaban J connectivity index is 1.84. The molecule has 4 rings (SSSR count). The highest BCUT2D eigenvalue weighted by Gasteiger charge is 2.47. The lowest BCUT2D eigenvalue weighted by Gasteiger charge is -2.46. The Morgan fingerprint density at radius 2 is 1.70 bits per heavy atom. The summed E-state index contributed by atoms with van der Waals surface area (Å²) in [5, 5.41) is 9.95. The summed E-state index contributed by atoms with van der Waals surface area (Å²) in [5.41, 5.74) is 1.02. The third-order valence-corrected chi connectivity index (χ3v) is 5.08. The van der Waals surface area contributed by atoms with Gasteiger partial charge >= 0.3 is 0 Å². The molecule has 0 amide bonds. The molecular weight excluding hydrogens is 252 g/mol. The molecule has 1 aromatic carbocycles. The van der Waals surface area contributed by atoms with Crippen LogP contribution in [0.5, 0.6) is 17.2 Å². The third kappa shape index (κ3) is 1.79. The summed E-state index contributed by atoms with van der Waals surface area (Å²) in [6.07, 6.45) is 6.94. The van der Waals surface area contributed by atoms with E-state index in [4.69, 9.17) is 9.47 Å². The smallest absolute Gasteiger partial charge is 0.131 e. The van der Waals surface area contributed by atoms with E-state index < -0.39 is 0 Å². The van der Waals surface area contributed by atoms with Gasteiger partial charge in [-0.25, -0.2) is 0 Å². The van der Waals surface area contributed by atoms with Gasteiger partial charge in [0.25, 0.3) is 0 Å². The van der Waals surface area contributed by atoms with Crippen molar-refractivity contribution in [3.05, 3.63) is 17.7 Å². The van der Waals surface area contributed by atoms with E-state index in [2.05, 4.69) is 13.8 Å². The van der Waals surface area contributed by atoms with Gasteiger partial charge in [0.05, 0.1) is 0 Å². The Kier molecular flexibility index (Phi) is 2.37. The van der Waals surface area contributed by atoms with Gasteiger partial charge in [0.15, 0.2) is 0 Å². The highest BCUT2D eigenvalue weighted by Crippen LogP contribution is 2.56. The van der Waals surface area contributed by atoms with E-state index in [0.29, 0.717) is 5.92 Å². The van der Waals surface area contributed by atoms with Crippen molar-refractivity contribution >= 4 is 0 Å². The average Bonchev–Trinajstić information content (AvgIpc) is 2.73. The average molecular weight is 274 g/mol. The maximum atomic E-state index is 9.95. The normalized spacial score (nSPS) is 28.6. The Morgan fingerprint density at radius 3 is 2.40 bits per heavy atom. The standard InChI is InChI=1S/C17H22O3/c1-16(2)9-11-10-17(5-3-4-6-17)20-14-8-12(18)7-13(19-16)15(11)14/h7-8,11,18H,3-6,9-10H2,1-2H3. The van der Waals surface area contributed by atoms with Crippen LogP contribution in [0, 0.1) is 0 Å². The van der Waals surface area contributed by atoms with Crippen molar-refractivity contribution < 1.29 is 14.6 Å². The van der Waals surface area contributed by atoms with E-state index in [1.165, 1.54) is 18.4 Å². The van der Waals surface area contributed by atoms with E-state index in [1.54, 1.807) is 12.1 Å². The van der Waals surface area contributed by atoms with Crippen molar-refractivity contribution in [2.75, 3.05) is 0 Å². The van der Waals surface area contributed by atoms with Gasteiger partial charge in [0.1, 0.15) is 28.5 Å². The monoisotopic (exact) mass is 274 g/mol. The highest BCUT2D eigenvalue weighted by atomic mass is 16.5. The molecule has 3 heteroatoms. The fraction of sp³-hybridized carbons (Fsp3) is 0.647. The molecule has 1 aromatic rings. The number of ether oxygens (including phenoxy) is 2. The van der Waals surface area contributed by atoms with Crippen LogP contribution < -0.4 is 9.47 Å².